The van der Waals surface area contributed by atoms with Crippen molar-refractivity contribution in [3.05, 3.63) is 46.2 Å². The van der Waals surface area contributed by atoms with Crippen LogP contribution in [0.4, 0.5) is 4.79 Å². The second-order valence-electron chi connectivity index (χ2n) is 9.24. The third-order valence-electron chi connectivity index (χ3n) is 5.76. The van der Waals surface area contributed by atoms with E-state index >= 15 is 0 Å². The minimum absolute atomic E-state index is 0.102. The van der Waals surface area contributed by atoms with Gasteiger partial charge in [0.1, 0.15) is 0 Å². The molecular weight excluding hydrogens is 408 g/mol. The second-order valence-corrected chi connectivity index (χ2v) is 9.24. The SMILES string of the molecule is Cc1cc(Cc2nnc(C[C@H](C)O)o2)c(C)c(CN2CCN(C(=O)OC(C)C)[C@@H](C)C2)c1. The van der Waals surface area contributed by atoms with Crippen molar-refractivity contribution in [1.82, 2.24) is 20.0 Å². The monoisotopic (exact) mass is 444 g/mol. The summed E-state index contributed by atoms with van der Waals surface area (Å²) in [4.78, 5) is 16.5. The number of piperazine rings is 1. The molecule has 0 spiro atoms. The first-order chi connectivity index (χ1) is 15.1. The van der Waals surface area contributed by atoms with Crippen molar-refractivity contribution in [1.29, 1.82) is 0 Å². The Balaban J connectivity index is 1.67. The highest BCUT2D eigenvalue weighted by molar-refractivity contribution is 5.68. The van der Waals surface area contributed by atoms with Crippen LogP contribution in [0.15, 0.2) is 16.5 Å². The van der Waals surface area contributed by atoms with E-state index in [1.54, 1.807) is 6.92 Å². The lowest BCUT2D eigenvalue weighted by Gasteiger charge is -2.39. The van der Waals surface area contributed by atoms with Crippen molar-refractivity contribution in [3.63, 3.8) is 0 Å². The molecule has 1 aliphatic heterocycles. The minimum Gasteiger partial charge on any atom is -0.447 e. The lowest BCUT2D eigenvalue weighted by molar-refractivity contribution is 0.0349. The first kappa shape index (κ1) is 24.2. The number of rotatable bonds is 7. The molecule has 8 heteroatoms. The minimum atomic E-state index is -0.509. The number of aryl methyl sites for hydroxylation is 1. The largest absolute Gasteiger partial charge is 0.447 e. The van der Waals surface area contributed by atoms with Crippen LogP contribution in [0.2, 0.25) is 0 Å². The van der Waals surface area contributed by atoms with E-state index in [1.807, 2.05) is 18.7 Å². The van der Waals surface area contributed by atoms with E-state index in [-0.39, 0.29) is 18.2 Å². The molecule has 0 radical (unpaired) electrons. The molecule has 1 fully saturated rings. The molecule has 0 bridgehead atoms. The normalized spacial score (nSPS) is 18.2. The highest BCUT2D eigenvalue weighted by Crippen LogP contribution is 2.23. The summed E-state index contributed by atoms with van der Waals surface area (Å²) in [6.07, 6.45) is 0.0859. The Morgan fingerprint density at radius 2 is 1.88 bits per heavy atom. The van der Waals surface area contributed by atoms with Gasteiger partial charge in [-0.2, -0.15) is 0 Å². The molecule has 2 atom stereocenters. The molecule has 8 nitrogen and oxygen atoms in total. The van der Waals surface area contributed by atoms with Gasteiger partial charge >= 0.3 is 6.09 Å². The molecule has 2 aromatic rings. The van der Waals surface area contributed by atoms with Gasteiger partial charge in [0.05, 0.1) is 25.0 Å². The van der Waals surface area contributed by atoms with Crippen LogP contribution >= 0.6 is 0 Å². The predicted molar refractivity (Wildman–Crippen MR) is 121 cm³/mol. The number of carbonyl (C=O) groups is 1. The van der Waals surface area contributed by atoms with Gasteiger partial charge in [-0.1, -0.05) is 17.7 Å². The number of benzene rings is 1. The van der Waals surface area contributed by atoms with Gasteiger partial charge in [0, 0.05) is 32.2 Å². The lowest BCUT2D eigenvalue weighted by atomic mass is 9.96. The fraction of sp³-hybridized carbons (Fsp3) is 0.625. The number of aliphatic hydroxyl groups is 1. The van der Waals surface area contributed by atoms with Crippen molar-refractivity contribution >= 4 is 6.09 Å². The third-order valence-corrected chi connectivity index (χ3v) is 5.76. The van der Waals surface area contributed by atoms with Crippen LogP contribution in [0.5, 0.6) is 0 Å². The van der Waals surface area contributed by atoms with E-state index in [1.165, 1.54) is 22.3 Å². The molecule has 1 aromatic heterocycles. The summed E-state index contributed by atoms with van der Waals surface area (Å²) in [6, 6.07) is 4.50. The molecule has 3 rings (SSSR count). The van der Waals surface area contributed by atoms with Crippen LogP contribution in [0, 0.1) is 13.8 Å². The molecule has 2 heterocycles. The smallest absolute Gasteiger partial charge is 0.410 e. The molecule has 176 valence electrons. The van der Waals surface area contributed by atoms with Crippen molar-refractivity contribution in [2.45, 2.75) is 79.2 Å². The molecule has 1 aromatic carbocycles. The van der Waals surface area contributed by atoms with Crippen LogP contribution in [-0.4, -0.2) is 69.1 Å². The summed E-state index contributed by atoms with van der Waals surface area (Å²) >= 11 is 0. The van der Waals surface area contributed by atoms with Gasteiger partial charge in [-0.3, -0.25) is 4.90 Å². The van der Waals surface area contributed by atoms with Crippen LogP contribution in [-0.2, 0) is 24.1 Å². The van der Waals surface area contributed by atoms with E-state index < -0.39 is 6.10 Å². The first-order valence-corrected chi connectivity index (χ1v) is 11.4. The number of ether oxygens (including phenoxy) is 1. The Morgan fingerprint density at radius 1 is 1.19 bits per heavy atom. The van der Waals surface area contributed by atoms with E-state index in [0.29, 0.717) is 31.2 Å². The number of hydrogen-bond acceptors (Lipinski definition) is 7. The molecule has 1 aliphatic rings. The Labute approximate surface area is 190 Å². The molecule has 0 aliphatic carbocycles. The van der Waals surface area contributed by atoms with Crippen LogP contribution in [0.1, 0.15) is 61.7 Å². The van der Waals surface area contributed by atoms with E-state index in [4.69, 9.17) is 9.15 Å². The number of aromatic nitrogens is 2. The third kappa shape index (κ3) is 6.29. The maximum atomic E-state index is 12.3. The average Bonchev–Trinajstić information content (AvgIpc) is 3.11. The average molecular weight is 445 g/mol. The highest BCUT2D eigenvalue weighted by Gasteiger charge is 2.29. The molecule has 1 saturated heterocycles. The number of amides is 1. The van der Waals surface area contributed by atoms with Crippen molar-refractivity contribution < 1.29 is 19.1 Å². The van der Waals surface area contributed by atoms with Crippen LogP contribution < -0.4 is 0 Å². The van der Waals surface area contributed by atoms with Crippen LogP contribution in [0.3, 0.4) is 0 Å². The summed E-state index contributed by atoms with van der Waals surface area (Å²) < 4.78 is 11.1. The zero-order valence-electron chi connectivity index (χ0n) is 20.1. The maximum absolute atomic E-state index is 12.3. The van der Waals surface area contributed by atoms with E-state index in [2.05, 4.69) is 48.0 Å². The van der Waals surface area contributed by atoms with Gasteiger partial charge in [0.25, 0.3) is 0 Å². The van der Waals surface area contributed by atoms with Crippen molar-refractivity contribution in [3.8, 4) is 0 Å². The van der Waals surface area contributed by atoms with Crippen molar-refractivity contribution in [2.24, 2.45) is 0 Å². The highest BCUT2D eigenvalue weighted by atomic mass is 16.6. The Hall–Kier alpha value is -2.45. The Morgan fingerprint density at radius 3 is 2.53 bits per heavy atom. The van der Waals surface area contributed by atoms with E-state index in [9.17, 15) is 9.90 Å². The maximum Gasteiger partial charge on any atom is 0.410 e. The number of aliphatic hydroxyl groups excluding tert-OH is 1. The fourth-order valence-corrected chi connectivity index (χ4v) is 4.18. The quantitative estimate of drug-likeness (QED) is 0.701. The van der Waals surface area contributed by atoms with Gasteiger partial charge in [-0.05, 0) is 58.2 Å². The fourth-order valence-electron chi connectivity index (χ4n) is 4.18. The number of carbonyl (C=O) groups excluding carboxylic acids is 1. The standard InChI is InChI=1S/C24H36N4O4/c1-15(2)31-24(30)28-8-7-27(13-17(28)4)14-21-10-16(3)9-20(19(21)6)12-23-26-25-22(32-23)11-18(5)29/h9-10,15,17-18,29H,7-8,11-14H2,1-6H3/t17-,18-/m0/s1. The molecule has 0 saturated carbocycles. The summed E-state index contributed by atoms with van der Waals surface area (Å²) in [6.45, 7) is 14.9. The number of nitrogens with zero attached hydrogens (tertiary/aromatic N) is 4. The molecule has 1 N–H and O–H groups in total. The van der Waals surface area contributed by atoms with Crippen LogP contribution in [0.25, 0.3) is 0 Å². The zero-order valence-corrected chi connectivity index (χ0v) is 20.1. The molecular formula is C24H36N4O4. The summed E-state index contributed by atoms with van der Waals surface area (Å²) in [5.74, 6) is 1.02. The number of hydrogen-bond donors (Lipinski definition) is 1. The molecule has 32 heavy (non-hydrogen) atoms. The summed E-state index contributed by atoms with van der Waals surface area (Å²) in [5, 5.41) is 17.7. The lowest BCUT2D eigenvalue weighted by Crippen LogP contribution is -2.54. The zero-order chi connectivity index (χ0) is 23.4. The topological polar surface area (TPSA) is 91.9 Å². The van der Waals surface area contributed by atoms with E-state index in [0.717, 1.165) is 19.6 Å². The summed E-state index contributed by atoms with van der Waals surface area (Å²) in [7, 11) is 0. The Bertz CT molecular complexity index is 925. The predicted octanol–water partition coefficient (Wildman–Crippen LogP) is 3.25. The van der Waals surface area contributed by atoms with Gasteiger partial charge in [-0.25, -0.2) is 4.79 Å². The van der Waals surface area contributed by atoms with Gasteiger partial charge in [0.15, 0.2) is 0 Å². The molecule has 0 unspecified atom stereocenters. The first-order valence-electron chi connectivity index (χ1n) is 11.4. The van der Waals surface area contributed by atoms with Gasteiger partial charge in [0.2, 0.25) is 11.8 Å². The van der Waals surface area contributed by atoms with Gasteiger partial charge < -0.3 is 19.2 Å². The molecule has 1 amide bonds. The van der Waals surface area contributed by atoms with Crippen molar-refractivity contribution in [2.75, 3.05) is 19.6 Å². The second kappa shape index (κ2) is 10.4. The Kier molecular flexibility index (Phi) is 7.90. The summed E-state index contributed by atoms with van der Waals surface area (Å²) in [5.41, 5.74) is 4.85. The van der Waals surface area contributed by atoms with Gasteiger partial charge in [-0.15, -0.1) is 10.2 Å².